The van der Waals surface area contributed by atoms with Gasteiger partial charge in [-0.05, 0) is 35.8 Å². The number of rotatable bonds is 5. The molecule has 112 valence electrons. The van der Waals surface area contributed by atoms with Crippen LogP contribution in [0.25, 0.3) is 0 Å². The third kappa shape index (κ3) is 7.15. The van der Waals surface area contributed by atoms with Crippen LogP contribution in [0, 0.1) is 0 Å². The molecule has 1 aromatic rings. The van der Waals surface area contributed by atoms with Gasteiger partial charge in [0, 0.05) is 22.7 Å². The molecule has 0 aromatic heterocycles. The third-order valence-corrected chi connectivity index (χ3v) is 4.28. The van der Waals surface area contributed by atoms with E-state index in [0.717, 1.165) is 18.0 Å². The quantitative estimate of drug-likeness (QED) is 0.612. The van der Waals surface area contributed by atoms with Gasteiger partial charge < -0.3 is 10.6 Å². The van der Waals surface area contributed by atoms with Crippen molar-refractivity contribution in [2.45, 2.75) is 45.3 Å². The van der Waals surface area contributed by atoms with Crippen LogP contribution in [0.3, 0.4) is 0 Å². The molecule has 0 radical (unpaired) electrons. The summed E-state index contributed by atoms with van der Waals surface area (Å²) in [6.07, 6.45) is 0. The van der Waals surface area contributed by atoms with Crippen molar-refractivity contribution in [2.24, 2.45) is 0 Å². The largest absolute Gasteiger partial charge is 0.362 e. The molecule has 1 aromatic carbocycles. The van der Waals surface area contributed by atoms with Gasteiger partial charge in [-0.1, -0.05) is 46.8 Å². The molecule has 20 heavy (non-hydrogen) atoms. The first-order valence-corrected chi connectivity index (χ1v) is 8.46. The molecule has 0 aliphatic rings. The first kappa shape index (κ1) is 17.3. The molecule has 0 aliphatic heterocycles. The fourth-order valence-corrected chi connectivity index (χ4v) is 2.68. The van der Waals surface area contributed by atoms with Gasteiger partial charge >= 0.3 is 0 Å². The Morgan fingerprint density at radius 1 is 1.20 bits per heavy atom. The fourth-order valence-electron chi connectivity index (χ4n) is 1.65. The summed E-state index contributed by atoms with van der Waals surface area (Å²) in [5.74, 6) is 1.61. The minimum Gasteiger partial charge on any atom is -0.362 e. The SMILES string of the molecule is CC(C)c1ccc(NC(=S)NCCSC(C)(C)C)cc1. The van der Waals surface area contributed by atoms with Crippen LogP contribution in [0.4, 0.5) is 5.69 Å². The van der Waals surface area contributed by atoms with Crippen LogP contribution in [-0.4, -0.2) is 22.2 Å². The van der Waals surface area contributed by atoms with E-state index in [9.17, 15) is 0 Å². The van der Waals surface area contributed by atoms with Gasteiger partial charge in [-0.2, -0.15) is 11.8 Å². The Kier molecular flexibility index (Phi) is 6.83. The van der Waals surface area contributed by atoms with Crippen LogP contribution in [0.5, 0.6) is 0 Å². The average molecular weight is 311 g/mol. The van der Waals surface area contributed by atoms with Crippen LogP contribution < -0.4 is 10.6 Å². The van der Waals surface area contributed by atoms with Crippen molar-refractivity contribution in [1.29, 1.82) is 0 Å². The van der Waals surface area contributed by atoms with E-state index in [0.29, 0.717) is 15.8 Å². The monoisotopic (exact) mass is 310 g/mol. The zero-order valence-electron chi connectivity index (χ0n) is 13.1. The summed E-state index contributed by atoms with van der Waals surface area (Å²) in [7, 11) is 0. The van der Waals surface area contributed by atoms with Crippen LogP contribution in [0.2, 0.25) is 0 Å². The van der Waals surface area contributed by atoms with E-state index >= 15 is 0 Å². The lowest BCUT2D eigenvalue weighted by atomic mass is 10.0. The van der Waals surface area contributed by atoms with Crippen molar-refractivity contribution >= 4 is 34.8 Å². The second-order valence-corrected chi connectivity index (χ2v) is 8.45. The average Bonchev–Trinajstić information content (AvgIpc) is 2.34. The van der Waals surface area contributed by atoms with E-state index in [2.05, 4.69) is 69.5 Å². The Morgan fingerprint density at radius 3 is 2.30 bits per heavy atom. The molecule has 0 unspecified atom stereocenters. The first-order valence-electron chi connectivity index (χ1n) is 7.07. The smallest absolute Gasteiger partial charge is 0.170 e. The Hall–Kier alpha value is -0.740. The van der Waals surface area contributed by atoms with Crippen LogP contribution in [-0.2, 0) is 0 Å². The third-order valence-electron chi connectivity index (χ3n) is 2.76. The minimum absolute atomic E-state index is 0.309. The van der Waals surface area contributed by atoms with E-state index in [4.69, 9.17) is 12.2 Å². The number of hydrogen-bond acceptors (Lipinski definition) is 2. The number of hydrogen-bond donors (Lipinski definition) is 2. The normalized spacial score (nSPS) is 11.5. The van der Waals surface area contributed by atoms with E-state index in [1.807, 2.05) is 11.8 Å². The molecule has 0 fully saturated rings. The lowest BCUT2D eigenvalue weighted by Gasteiger charge is -2.18. The Labute approximate surface area is 133 Å². The molecule has 0 bridgehead atoms. The van der Waals surface area contributed by atoms with E-state index in [-0.39, 0.29) is 0 Å². The molecule has 0 heterocycles. The van der Waals surface area contributed by atoms with Gasteiger partial charge in [0.1, 0.15) is 0 Å². The second-order valence-electron chi connectivity index (χ2n) is 6.12. The molecule has 2 N–H and O–H groups in total. The maximum atomic E-state index is 5.30. The highest BCUT2D eigenvalue weighted by molar-refractivity contribution is 8.00. The maximum Gasteiger partial charge on any atom is 0.170 e. The standard InChI is InChI=1S/C16H26N2S2/c1-12(2)13-6-8-14(9-7-13)18-15(19)17-10-11-20-16(3,4)5/h6-9,12H,10-11H2,1-5H3,(H2,17,18,19). The zero-order chi connectivity index (χ0) is 15.2. The molecule has 0 saturated heterocycles. The van der Waals surface area contributed by atoms with Crippen molar-refractivity contribution in [2.75, 3.05) is 17.6 Å². The fraction of sp³-hybridized carbons (Fsp3) is 0.562. The van der Waals surface area contributed by atoms with E-state index in [1.54, 1.807) is 0 Å². The van der Waals surface area contributed by atoms with E-state index < -0.39 is 0 Å². The van der Waals surface area contributed by atoms with Gasteiger partial charge in [0.2, 0.25) is 0 Å². The van der Waals surface area contributed by atoms with Crippen LogP contribution >= 0.6 is 24.0 Å². The van der Waals surface area contributed by atoms with Gasteiger partial charge in [0.05, 0.1) is 0 Å². The molecule has 0 aliphatic carbocycles. The molecule has 0 amide bonds. The van der Waals surface area contributed by atoms with Gasteiger partial charge in [-0.3, -0.25) is 0 Å². The molecule has 0 atom stereocenters. The highest BCUT2D eigenvalue weighted by atomic mass is 32.2. The van der Waals surface area contributed by atoms with Crippen LogP contribution in [0.15, 0.2) is 24.3 Å². The maximum absolute atomic E-state index is 5.30. The summed E-state index contributed by atoms with van der Waals surface area (Å²) < 4.78 is 0.309. The molecule has 0 saturated carbocycles. The number of thiocarbonyl (C=S) groups is 1. The summed E-state index contributed by atoms with van der Waals surface area (Å²) in [6, 6.07) is 8.44. The lowest BCUT2D eigenvalue weighted by molar-refractivity contribution is 0.800. The lowest BCUT2D eigenvalue weighted by Crippen LogP contribution is -2.30. The van der Waals surface area contributed by atoms with Crippen molar-refractivity contribution < 1.29 is 0 Å². The highest BCUT2D eigenvalue weighted by Gasteiger charge is 2.09. The summed E-state index contributed by atoms with van der Waals surface area (Å²) >= 11 is 7.23. The Balaban J connectivity index is 2.32. The molecular weight excluding hydrogens is 284 g/mol. The number of thioether (sulfide) groups is 1. The number of anilines is 1. The van der Waals surface area contributed by atoms with Crippen LogP contribution in [0.1, 0.15) is 46.1 Å². The van der Waals surface area contributed by atoms with Crippen molar-refractivity contribution in [3.8, 4) is 0 Å². The van der Waals surface area contributed by atoms with Gasteiger partial charge in [-0.15, -0.1) is 0 Å². The second kappa shape index (κ2) is 7.89. The topological polar surface area (TPSA) is 24.1 Å². The van der Waals surface area contributed by atoms with Gasteiger partial charge in [0.25, 0.3) is 0 Å². The number of nitrogens with one attached hydrogen (secondary N) is 2. The predicted octanol–water partition coefficient (Wildman–Crippen LogP) is 4.63. The Bertz CT molecular complexity index is 419. The van der Waals surface area contributed by atoms with Crippen molar-refractivity contribution in [3.63, 3.8) is 0 Å². The summed E-state index contributed by atoms with van der Waals surface area (Å²) in [4.78, 5) is 0. The predicted molar refractivity (Wildman–Crippen MR) is 97.0 cm³/mol. The first-order chi connectivity index (χ1) is 9.28. The van der Waals surface area contributed by atoms with Crippen molar-refractivity contribution in [1.82, 2.24) is 5.32 Å². The summed E-state index contributed by atoms with van der Waals surface area (Å²) in [5, 5.41) is 7.15. The molecule has 0 spiro atoms. The van der Waals surface area contributed by atoms with E-state index in [1.165, 1.54) is 5.56 Å². The Morgan fingerprint density at radius 2 is 1.80 bits per heavy atom. The number of benzene rings is 1. The molecule has 4 heteroatoms. The minimum atomic E-state index is 0.309. The molecule has 1 rings (SSSR count). The summed E-state index contributed by atoms with van der Waals surface area (Å²) in [6.45, 7) is 12.0. The molecule has 2 nitrogen and oxygen atoms in total. The summed E-state index contributed by atoms with van der Waals surface area (Å²) in [5.41, 5.74) is 2.38. The van der Waals surface area contributed by atoms with Crippen molar-refractivity contribution in [3.05, 3.63) is 29.8 Å². The zero-order valence-corrected chi connectivity index (χ0v) is 14.8. The van der Waals surface area contributed by atoms with Gasteiger partial charge in [0.15, 0.2) is 5.11 Å². The molecular formula is C16H26N2S2. The highest BCUT2D eigenvalue weighted by Crippen LogP contribution is 2.22. The van der Waals surface area contributed by atoms with Gasteiger partial charge in [-0.25, -0.2) is 0 Å².